The summed E-state index contributed by atoms with van der Waals surface area (Å²) in [6, 6.07) is 0. The summed E-state index contributed by atoms with van der Waals surface area (Å²) < 4.78 is 0. The molecule has 72 valence electrons. The summed E-state index contributed by atoms with van der Waals surface area (Å²) in [5.74, 6) is 0. The first-order valence-corrected chi connectivity index (χ1v) is 4.95. The highest BCUT2D eigenvalue weighted by Crippen LogP contribution is 1.97. The van der Waals surface area contributed by atoms with Gasteiger partial charge in [-0.1, -0.05) is 49.1 Å². The van der Waals surface area contributed by atoms with Crippen molar-refractivity contribution in [1.29, 1.82) is 0 Å². The van der Waals surface area contributed by atoms with Gasteiger partial charge in [0.05, 0.1) is 0 Å². The van der Waals surface area contributed by atoms with Crippen molar-refractivity contribution in [3.63, 3.8) is 0 Å². The smallest absolute Gasteiger partial charge is 0.0313 e. The van der Waals surface area contributed by atoms with Crippen LogP contribution >= 0.6 is 0 Å². The highest BCUT2D eigenvalue weighted by Gasteiger charge is 1.77. The normalized spacial score (nSPS) is 12.1. The number of unbranched alkanes of at least 4 members (excludes halogenated alkanes) is 2. The van der Waals surface area contributed by atoms with Gasteiger partial charge in [0.2, 0.25) is 0 Å². The van der Waals surface area contributed by atoms with Crippen molar-refractivity contribution >= 4 is 0 Å². The van der Waals surface area contributed by atoms with Crippen LogP contribution in [0.4, 0.5) is 0 Å². The lowest BCUT2D eigenvalue weighted by atomic mass is 10.2. The lowest BCUT2D eigenvalue weighted by molar-refractivity contribution is 1.00. The van der Waals surface area contributed by atoms with Gasteiger partial charge in [-0.2, -0.15) is 0 Å². The maximum Gasteiger partial charge on any atom is -0.0313 e. The molecule has 0 aromatic rings. The van der Waals surface area contributed by atoms with Gasteiger partial charge in [-0.3, -0.25) is 0 Å². The molecule has 0 aliphatic carbocycles. The fourth-order valence-corrected chi connectivity index (χ4v) is 0.980. The van der Waals surface area contributed by atoms with Crippen molar-refractivity contribution in [2.24, 2.45) is 0 Å². The Morgan fingerprint density at radius 2 is 1.38 bits per heavy atom. The summed E-state index contributed by atoms with van der Waals surface area (Å²) >= 11 is 0. The first-order valence-electron chi connectivity index (χ1n) is 4.95. The second-order valence-electron chi connectivity index (χ2n) is 2.86. The molecule has 0 aromatic heterocycles. The topological polar surface area (TPSA) is 0 Å². The van der Waals surface area contributed by atoms with Crippen molar-refractivity contribution in [2.75, 3.05) is 0 Å². The van der Waals surface area contributed by atoms with E-state index >= 15 is 0 Å². The largest absolute Gasteiger partial charge is 0.0991 e. The molecule has 0 N–H and O–H groups in total. The van der Waals surface area contributed by atoms with Crippen LogP contribution in [0.5, 0.6) is 0 Å². The van der Waals surface area contributed by atoms with Crippen LogP contribution in [0.1, 0.15) is 32.6 Å². The molecular weight excluding hydrogens is 156 g/mol. The molecule has 0 aliphatic rings. The zero-order valence-corrected chi connectivity index (χ0v) is 8.58. The fourth-order valence-electron chi connectivity index (χ4n) is 0.980. The molecule has 0 rings (SSSR count). The van der Waals surface area contributed by atoms with E-state index in [2.05, 4.69) is 43.9 Å². The molecule has 0 fully saturated rings. The molecule has 0 aromatic carbocycles. The van der Waals surface area contributed by atoms with Gasteiger partial charge < -0.3 is 0 Å². The van der Waals surface area contributed by atoms with Gasteiger partial charge in [0.25, 0.3) is 0 Å². The molecule has 0 atom stereocenters. The third-order valence-corrected chi connectivity index (χ3v) is 1.67. The van der Waals surface area contributed by atoms with E-state index < -0.39 is 0 Å². The molecule has 0 saturated heterocycles. The Hall–Kier alpha value is -1.04. The number of rotatable bonds is 7. The van der Waals surface area contributed by atoms with E-state index in [-0.39, 0.29) is 0 Å². The van der Waals surface area contributed by atoms with Crippen LogP contribution in [0, 0.1) is 0 Å². The first kappa shape index (κ1) is 12.0. The molecule has 0 heteroatoms. The van der Waals surface area contributed by atoms with Crippen LogP contribution in [0.3, 0.4) is 0 Å². The quantitative estimate of drug-likeness (QED) is 0.306. The molecule has 0 saturated carbocycles. The van der Waals surface area contributed by atoms with Gasteiger partial charge in [0.1, 0.15) is 0 Å². The van der Waals surface area contributed by atoms with Crippen LogP contribution in [-0.4, -0.2) is 0 Å². The molecule has 13 heavy (non-hydrogen) atoms. The van der Waals surface area contributed by atoms with Crippen LogP contribution in [0.2, 0.25) is 0 Å². The van der Waals surface area contributed by atoms with Crippen molar-refractivity contribution in [3.05, 3.63) is 49.1 Å². The summed E-state index contributed by atoms with van der Waals surface area (Å²) in [5.41, 5.74) is 0. The van der Waals surface area contributed by atoms with E-state index in [0.29, 0.717) is 0 Å². The van der Waals surface area contributed by atoms with Gasteiger partial charge in [-0.15, -0.1) is 0 Å². The van der Waals surface area contributed by atoms with Gasteiger partial charge in [0, 0.05) is 0 Å². The molecule has 0 heterocycles. The minimum atomic E-state index is 1.12. The van der Waals surface area contributed by atoms with Gasteiger partial charge in [-0.25, -0.2) is 0 Å². The van der Waals surface area contributed by atoms with Crippen LogP contribution in [0.25, 0.3) is 0 Å². The molecule has 0 spiro atoms. The van der Waals surface area contributed by atoms with E-state index in [1.165, 1.54) is 0 Å². The lowest BCUT2D eigenvalue weighted by Gasteiger charge is -1.87. The first-order chi connectivity index (χ1) is 6.41. The summed E-state index contributed by atoms with van der Waals surface area (Å²) in [4.78, 5) is 0. The van der Waals surface area contributed by atoms with E-state index in [1.807, 2.05) is 12.2 Å². The van der Waals surface area contributed by atoms with Crippen molar-refractivity contribution in [3.8, 4) is 0 Å². The summed E-state index contributed by atoms with van der Waals surface area (Å²) in [6.45, 7) is 5.68. The Bertz CT molecular complexity index is 182. The summed E-state index contributed by atoms with van der Waals surface area (Å²) in [6.07, 6.45) is 19.3. The van der Waals surface area contributed by atoms with E-state index in [9.17, 15) is 0 Å². The number of hydrogen-bond acceptors (Lipinski definition) is 0. The Balaban J connectivity index is 3.21. The zero-order chi connectivity index (χ0) is 9.78. The van der Waals surface area contributed by atoms with Crippen LogP contribution < -0.4 is 0 Å². The highest BCUT2D eigenvalue weighted by atomic mass is 13.8. The fraction of sp³-hybridized carbons (Fsp3) is 0.385. The number of hydrogen-bond donors (Lipinski definition) is 0. The second-order valence-corrected chi connectivity index (χ2v) is 2.86. The highest BCUT2D eigenvalue weighted by molar-refractivity contribution is 4.98. The van der Waals surface area contributed by atoms with Crippen LogP contribution in [0.15, 0.2) is 49.1 Å². The average molecular weight is 176 g/mol. The van der Waals surface area contributed by atoms with Crippen molar-refractivity contribution < 1.29 is 0 Å². The maximum absolute atomic E-state index is 3.62. The monoisotopic (exact) mass is 176 g/mol. The lowest BCUT2D eigenvalue weighted by Crippen LogP contribution is -1.66. The minimum Gasteiger partial charge on any atom is -0.0991 e. The van der Waals surface area contributed by atoms with Gasteiger partial charge in [0.15, 0.2) is 0 Å². The van der Waals surface area contributed by atoms with Gasteiger partial charge in [-0.05, 0) is 32.6 Å². The van der Waals surface area contributed by atoms with Crippen LogP contribution in [-0.2, 0) is 0 Å². The molecule has 0 amide bonds. The molecule has 0 aliphatic heterocycles. The summed E-state index contributed by atoms with van der Waals surface area (Å²) in [5, 5.41) is 0. The Morgan fingerprint density at radius 1 is 0.846 bits per heavy atom. The summed E-state index contributed by atoms with van der Waals surface area (Å²) in [7, 11) is 0. The predicted molar refractivity (Wildman–Crippen MR) is 61.8 cm³/mol. The predicted octanol–water partition coefficient (Wildman–Crippen LogP) is 4.42. The maximum atomic E-state index is 3.62. The standard InChI is InChI=1S/C13H20/c1-3-5-7-9-11-13-12-10-8-6-4-2/h3-7,12-13H,1,8-11H2,2H3. The molecule has 0 radical (unpaired) electrons. The van der Waals surface area contributed by atoms with Crippen molar-refractivity contribution in [2.45, 2.75) is 32.6 Å². The molecule has 0 unspecified atom stereocenters. The average Bonchev–Trinajstić information content (AvgIpc) is 2.16. The SMILES string of the molecule is C=CC=CCCC=CCCC=CC. The van der Waals surface area contributed by atoms with Crippen molar-refractivity contribution in [1.82, 2.24) is 0 Å². The Labute approximate surface area is 82.4 Å². The second kappa shape index (κ2) is 11.0. The zero-order valence-electron chi connectivity index (χ0n) is 8.58. The molecular formula is C13H20. The molecule has 0 nitrogen and oxygen atoms in total. The van der Waals surface area contributed by atoms with E-state index in [4.69, 9.17) is 0 Å². The van der Waals surface area contributed by atoms with Gasteiger partial charge >= 0.3 is 0 Å². The third kappa shape index (κ3) is 11.0. The minimum absolute atomic E-state index is 1.12. The Morgan fingerprint density at radius 3 is 1.92 bits per heavy atom. The third-order valence-electron chi connectivity index (χ3n) is 1.67. The molecule has 0 bridgehead atoms. The number of allylic oxidation sites excluding steroid dienone is 7. The Kier molecular flexibility index (Phi) is 10.1. The van der Waals surface area contributed by atoms with E-state index in [0.717, 1.165) is 25.7 Å². The van der Waals surface area contributed by atoms with E-state index in [1.54, 1.807) is 0 Å².